The van der Waals surface area contributed by atoms with Gasteiger partial charge >= 0.3 is 6.03 Å². The number of rotatable bonds is 4. The maximum absolute atomic E-state index is 13.0. The van der Waals surface area contributed by atoms with E-state index in [4.69, 9.17) is 9.15 Å². The minimum Gasteiger partial charge on any atom is -0.497 e. The molecule has 0 aliphatic carbocycles. The van der Waals surface area contributed by atoms with Crippen LogP contribution in [0, 0.1) is 6.92 Å². The van der Waals surface area contributed by atoms with Crippen LogP contribution in [0.1, 0.15) is 27.2 Å². The molecule has 2 aliphatic heterocycles. The van der Waals surface area contributed by atoms with E-state index >= 15 is 0 Å². The molecule has 2 N–H and O–H groups in total. The summed E-state index contributed by atoms with van der Waals surface area (Å²) in [5.41, 5.74) is 1.07. The lowest BCUT2D eigenvalue weighted by molar-refractivity contribution is -0.125. The maximum Gasteiger partial charge on any atom is 0.322 e. The summed E-state index contributed by atoms with van der Waals surface area (Å²) in [6, 6.07) is 8.18. The lowest BCUT2D eigenvalue weighted by atomic mass is 9.95. The van der Waals surface area contributed by atoms with Crippen LogP contribution < -0.4 is 15.4 Å². The Morgan fingerprint density at radius 1 is 1.23 bits per heavy atom. The average molecular weight is 406 g/mol. The summed E-state index contributed by atoms with van der Waals surface area (Å²) in [5.74, 6) is -0.0310. The highest BCUT2D eigenvalue weighted by Crippen LogP contribution is 2.34. The summed E-state index contributed by atoms with van der Waals surface area (Å²) in [4.78, 5) is 43.7. The van der Waals surface area contributed by atoms with Gasteiger partial charge in [-0.2, -0.15) is 0 Å². The van der Waals surface area contributed by atoms with Gasteiger partial charge in [0.15, 0.2) is 5.54 Å². The summed E-state index contributed by atoms with van der Waals surface area (Å²) in [6.45, 7) is 2.12. The van der Waals surface area contributed by atoms with E-state index in [1.54, 1.807) is 24.4 Å². The van der Waals surface area contributed by atoms with Crippen LogP contribution in [0.4, 0.5) is 4.79 Å². The van der Waals surface area contributed by atoms with Gasteiger partial charge in [0.05, 0.1) is 13.7 Å². The topological polar surface area (TPSA) is 114 Å². The zero-order chi connectivity index (χ0) is 21.0. The number of amides is 4. The number of methoxy groups -OCH3 is 1. The first kappa shape index (κ1) is 18.2. The van der Waals surface area contributed by atoms with Crippen LogP contribution in [0.25, 0.3) is 11.1 Å². The van der Waals surface area contributed by atoms with Crippen molar-refractivity contribution in [2.45, 2.75) is 19.0 Å². The van der Waals surface area contributed by atoms with E-state index in [9.17, 15) is 14.4 Å². The van der Waals surface area contributed by atoms with E-state index in [-0.39, 0.29) is 18.2 Å². The fourth-order valence-electron chi connectivity index (χ4n) is 3.99. The van der Waals surface area contributed by atoms with Crippen molar-refractivity contribution < 1.29 is 23.5 Å². The minimum atomic E-state index is -1.55. The van der Waals surface area contributed by atoms with Gasteiger partial charge in [0, 0.05) is 23.7 Å². The summed E-state index contributed by atoms with van der Waals surface area (Å²) >= 11 is 0. The molecule has 0 saturated carbocycles. The number of pyridine rings is 1. The molecular weight excluding hydrogens is 388 g/mol. The number of carbonyl (C=O) groups is 3. The van der Waals surface area contributed by atoms with E-state index < -0.39 is 17.5 Å². The largest absolute Gasteiger partial charge is 0.497 e. The van der Waals surface area contributed by atoms with Crippen LogP contribution in [0.2, 0.25) is 0 Å². The highest BCUT2D eigenvalue weighted by molar-refractivity contribution is 6.08. The first-order valence-corrected chi connectivity index (χ1v) is 9.36. The molecule has 30 heavy (non-hydrogen) atoms. The number of hydrogen-bond acceptors (Lipinski definition) is 6. The highest BCUT2D eigenvalue weighted by atomic mass is 16.5. The smallest absolute Gasteiger partial charge is 0.322 e. The molecule has 0 radical (unpaired) electrons. The molecule has 9 nitrogen and oxygen atoms in total. The number of aromatic nitrogens is 1. The third kappa shape index (κ3) is 2.62. The molecule has 0 unspecified atom stereocenters. The zero-order valence-corrected chi connectivity index (χ0v) is 16.3. The third-order valence-electron chi connectivity index (χ3n) is 5.49. The summed E-state index contributed by atoms with van der Waals surface area (Å²) in [6.07, 6.45) is 1.66. The SMILES string of the molecule is COc1ccc2c(c1)C(=O)N(C[C@@]1(c3cc4cc(C)cnc4o3)NC(=O)NC1=O)C2. The number of imide groups is 1. The molecule has 9 heteroatoms. The molecule has 0 spiro atoms. The zero-order valence-electron chi connectivity index (χ0n) is 16.3. The molecule has 3 aromatic rings. The number of fused-ring (bicyclic) bond motifs is 2. The van der Waals surface area contributed by atoms with Gasteiger partial charge in [-0.1, -0.05) is 6.07 Å². The fraction of sp³-hybridized carbons (Fsp3) is 0.238. The molecule has 1 atom stereocenters. The van der Waals surface area contributed by atoms with Gasteiger partial charge in [-0.25, -0.2) is 9.78 Å². The molecular formula is C21H18N4O5. The number of hydrogen-bond donors (Lipinski definition) is 2. The fourth-order valence-corrected chi connectivity index (χ4v) is 3.99. The lowest BCUT2D eigenvalue weighted by Gasteiger charge is -2.28. The normalized spacial score (nSPS) is 20.5. The number of urea groups is 1. The lowest BCUT2D eigenvalue weighted by Crippen LogP contribution is -2.52. The Bertz CT molecular complexity index is 1230. The first-order chi connectivity index (χ1) is 14.4. The molecule has 2 aromatic heterocycles. The number of nitrogens with zero attached hydrogens (tertiary/aromatic N) is 2. The average Bonchev–Trinajstić information content (AvgIpc) is 3.36. The molecule has 1 saturated heterocycles. The Hall–Kier alpha value is -3.88. The summed E-state index contributed by atoms with van der Waals surface area (Å²) in [7, 11) is 1.53. The van der Waals surface area contributed by atoms with Crippen molar-refractivity contribution in [3.8, 4) is 5.75 Å². The van der Waals surface area contributed by atoms with E-state index in [0.29, 0.717) is 29.0 Å². The molecule has 1 fully saturated rings. The predicted molar refractivity (Wildman–Crippen MR) is 105 cm³/mol. The molecule has 1 aromatic carbocycles. The van der Waals surface area contributed by atoms with E-state index in [1.807, 2.05) is 19.1 Å². The second-order valence-electron chi connectivity index (χ2n) is 7.52. The third-order valence-corrected chi connectivity index (χ3v) is 5.49. The van der Waals surface area contributed by atoms with Crippen molar-refractivity contribution in [2.24, 2.45) is 0 Å². The van der Waals surface area contributed by atoms with E-state index in [0.717, 1.165) is 11.1 Å². The number of furan rings is 1. The van der Waals surface area contributed by atoms with Gasteiger partial charge in [-0.3, -0.25) is 14.9 Å². The number of ether oxygens (including phenoxy) is 1. The van der Waals surface area contributed by atoms with Crippen LogP contribution >= 0.6 is 0 Å². The van der Waals surface area contributed by atoms with Gasteiger partial charge in [0.25, 0.3) is 11.8 Å². The van der Waals surface area contributed by atoms with Crippen molar-refractivity contribution in [3.05, 3.63) is 59.0 Å². The maximum atomic E-state index is 13.0. The van der Waals surface area contributed by atoms with Gasteiger partial charge in [0.2, 0.25) is 5.71 Å². The van der Waals surface area contributed by atoms with Gasteiger partial charge in [-0.05, 0) is 42.3 Å². The standard InChI is InChI=1S/C21H18N4O5/c1-11-5-13-6-16(30-17(13)22-8-11)21(19(27)23-20(28)24-21)10-25-9-12-3-4-14(29-2)7-15(12)18(25)26/h3-8H,9-10H2,1-2H3,(H2,23,24,27,28)/t21-/m0/s1. The summed E-state index contributed by atoms with van der Waals surface area (Å²) in [5, 5.41) is 5.64. The second-order valence-corrected chi connectivity index (χ2v) is 7.52. The molecule has 5 rings (SSSR count). The Labute approximate surface area is 171 Å². The molecule has 152 valence electrons. The van der Waals surface area contributed by atoms with Crippen LogP contribution in [0.3, 0.4) is 0 Å². The Balaban J connectivity index is 1.55. The number of benzene rings is 1. The van der Waals surface area contributed by atoms with Crippen molar-refractivity contribution in [1.82, 2.24) is 20.5 Å². The number of carbonyl (C=O) groups excluding carboxylic acids is 3. The van der Waals surface area contributed by atoms with E-state index in [2.05, 4.69) is 15.6 Å². The molecule has 2 aliphatic rings. The van der Waals surface area contributed by atoms with Gasteiger partial charge in [0.1, 0.15) is 11.5 Å². The minimum absolute atomic E-state index is 0.0841. The van der Waals surface area contributed by atoms with Crippen LogP contribution in [-0.4, -0.2) is 41.4 Å². The van der Waals surface area contributed by atoms with E-state index in [1.165, 1.54) is 12.0 Å². The Morgan fingerprint density at radius 3 is 2.80 bits per heavy atom. The predicted octanol–water partition coefficient (Wildman–Crippen LogP) is 1.84. The van der Waals surface area contributed by atoms with Gasteiger partial charge in [-0.15, -0.1) is 0 Å². The van der Waals surface area contributed by atoms with Crippen molar-refractivity contribution in [2.75, 3.05) is 13.7 Å². The van der Waals surface area contributed by atoms with Crippen molar-refractivity contribution in [3.63, 3.8) is 0 Å². The van der Waals surface area contributed by atoms with Crippen molar-refractivity contribution in [1.29, 1.82) is 0 Å². The van der Waals surface area contributed by atoms with Crippen molar-refractivity contribution >= 4 is 28.9 Å². The summed E-state index contributed by atoms with van der Waals surface area (Å²) < 4.78 is 11.0. The van der Waals surface area contributed by atoms with Gasteiger partial charge < -0.3 is 19.4 Å². The first-order valence-electron chi connectivity index (χ1n) is 9.36. The number of nitrogens with one attached hydrogen (secondary N) is 2. The Kier molecular flexibility index (Phi) is 3.82. The quantitative estimate of drug-likeness (QED) is 0.639. The molecule has 4 heterocycles. The molecule has 0 bridgehead atoms. The second kappa shape index (κ2) is 6.31. The van der Waals surface area contributed by atoms with Crippen LogP contribution in [0.5, 0.6) is 5.75 Å². The molecule has 4 amide bonds. The highest BCUT2D eigenvalue weighted by Gasteiger charge is 2.53. The number of aryl methyl sites for hydroxylation is 1. The van der Waals surface area contributed by atoms with Crippen LogP contribution in [0.15, 0.2) is 40.9 Å². The monoisotopic (exact) mass is 406 g/mol. The van der Waals surface area contributed by atoms with Crippen LogP contribution in [-0.2, 0) is 16.9 Å². The Morgan fingerprint density at radius 2 is 2.07 bits per heavy atom.